The molecule has 4 nitrogen and oxygen atoms in total. The van der Waals surface area contributed by atoms with Gasteiger partial charge in [0.05, 0.1) is 0 Å². The van der Waals surface area contributed by atoms with Crippen LogP contribution in [0.3, 0.4) is 0 Å². The summed E-state index contributed by atoms with van der Waals surface area (Å²) in [6.07, 6.45) is 3.42. The zero-order valence-corrected chi connectivity index (χ0v) is 12.6. The number of fused-ring (bicyclic) bond motifs is 2. The Kier molecular flexibility index (Phi) is 3.26. The minimum atomic E-state index is -0.113. The summed E-state index contributed by atoms with van der Waals surface area (Å²) in [7, 11) is 0. The Labute approximate surface area is 129 Å². The molecule has 1 amide bonds. The Balaban J connectivity index is 1.46. The summed E-state index contributed by atoms with van der Waals surface area (Å²) in [5.41, 5.74) is 2.20. The molecule has 0 radical (unpaired) electrons. The average Bonchev–Trinajstić information content (AvgIpc) is 3.24. The molecule has 3 atom stereocenters. The van der Waals surface area contributed by atoms with Gasteiger partial charge in [0.2, 0.25) is 0 Å². The van der Waals surface area contributed by atoms with E-state index in [0.717, 1.165) is 24.2 Å². The van der Waals surface area contributed by atoms with Crippen LogP contribution in [-0.4, -0.2) is 24.0 Å². The maximum absolute atomic E-state index is 12.3. The van der Waals surface area contributed by atoms with Crippen LogP contribution in [-0.2, 0) is 0 Å². The maximum atomic E-state index is 12.3. The summed E-state index contributed by atoms with van der Waals surface area (Å²) in [6.45, 7) is 2.05. The van der Waals surface area contributed by atoms with Gasteiger partial charge in [-0.3, -0.25) is 4.79 Å². The highest BCUT2D eigenvalue weighted by molar-refractivity contribution is 5.92. The molecule has 1 aromatic carbocycles. The van der Waals surface area contributed by atoms with Gasteiger partial charge in [-0.05, 0) is 38.3 Å². The standard InChI is InChI=1S/C18H20N2O2/c1-11-2-4-12(5-3-11)16-8-9-17(22-16)18(21)20-15-10-13-6-7-14(15)19-13/h2-5,8-9,13-15,19H,6-7,10H2,1H3,(H,20,21)/t13-,14-,15+/m0/s1. The fraction of sp³-hybridized carbons (Fsp3) is 0.389. The number of nitrogens with one attached hydrogen (secondary N) is 2. The number of carbonyl (C=O) groups is 1. The molecule has 3 heterocycles. The second-order valence-electron chi connectivity index (χ2n) is 6.39. The first kappa shape index (κ1) is 13.6. The minimum absolute atomic E-state index is 0.113. The molecule has 2 saturated heterocycles. The Bertz CT molecular complexity index is 689. The minimum Gasteiger partial charge on any atom is -0.451 e. The fourth-order valence-electron chi connectivity index (χ4n) is 3.56. The van der Waals surface area contributed by atoms with E-state index in [1.165, 1.54) is 12.0 Å². The highest BCUT2D eigenvalue weighted by Gasteiger charge is 2.39. The van der Waals surface area contributed by atoms with Gasteiger partial charge >= 0.3 is 0 Å². The van der Waals surface area contributed by atoms with E-state index in [4.69, 9.17) is 4.42 Å². The molecule has 4 rings (SSSR count). The molecule has 1 aromatic heterocycles. The molecule has 2 aliphatic rings. The average molecular weight is 296 g/mol. The molecule has 2 bridgehead atoms. The molecular formula is C18H20N2O2. The Morgan fingerprint density at radius 1 is 1.18 bits per heavy atom. The van der Waals surface area contributed by atoms with Gasteiger partial charge in [0, 0.05) is 23.7 Å². The lowest BCUT2D eigenvalue weighted by Crippen LogP contribution is -2.42. The van der Waals surface area contributed by atoms with Crippen LogP contribution in [0.25, 0.3) is 11.3 Å². The molecule has 0 spiro atoms. The van der Waals surface area contributed by atoms with Gasteiger partial charge < -0.3 is 15.1 Å². The quantitative estimate of drug-likeness (QED) is 0.915. The lowest BCUT2D eigenvalue weighted by Gasteiger charge is -2.20. The normalized spacial score (nSPS) is 26.3. The second kappa shape index (κ2) is 5.29. The van der Waals surface area contributed by atoms with E-state index in [-0.39, 0.29) is 11.9 Å². The number of amides is 1. The summed E-state index contributed by atoms with van der Waals surface area (Å²) in [5.74, 6) is 1.01. The van der Waals surface area contributed by atoms with Crippen molar-refractivity contribution < 1.29 is 9.21 Å². The van der Waals surface area contributed by atoms with Gasteiger partial charge in [0.15, 0.2) is 5.76 Å². The number of hydrogen-bond donors (Lipinski definition) is 2. The molecule has 0 unspecified atom stereocenters. The molecule has 0 saturated carbocycles. The first-order valence-electron chi connectivity index (χ1n) is 7.93. The maximum Gasteiger partial charge on any atom is 0.287 e. The van der Waals surface area contributed by atoms with Gasteiger partial charge in [0.1, 0.15) is 5.76 Å². The van der Waals surface area contributed by atoms with Gasteiger partial charge in [-0.1, -0.05) is 29.8 Å². The van der Waals surface area contributed by atoms with Crippen molar-refractivity contribution >= 4 is 5.91 Å². The van der Waals surface area contributed by atoms with Crippen molar-refractivity contribution in [1.29, 1.82) is 0 Å². The Morgan fingerprint density at radius 2 is 2.00 bits per heavy atom. The SMILES string of the molecule is Cc1ccc(-c2ccc(C(=O)N[C@@H]3C[C@@H]4CC[C@@H]3N4)o2)cc1. The Hall–Kier alpha value is -2.07. The van der Waals surface area contributed by atoms with E-state index >= 15 is 0 Å². The van der Waals surface area contributed by atoms with E-state index < -0.39 is 0 Å². The van der Waals surface area contributed by atoms with Crippen LogP contribution in [0.15, 0.2) is 40.8 Å². The smallest absolute Gasteiger partial charge is 0.287 e. The van der Waals surface area contributed by atoms with Crippen molar-refractivity contribution in [3.8, 4) is 11.3 Å². The number of rotatable bonds is 3. The molecule has 0 aliphatic carbocycles. The Morgan fingerprint density at radius 3 is 2.68 bits per heavy atom. The molecule has 2 aliphatic heterocycles. The third-order valence-electron chi connectivity index (χ3n) is 4.78. The van der Waals surface area contributed by atoms with Crippen LogP contribution in [0.2, 0.25) is 0 Å². The summed E-state index contributed by atoms with van der Waals surface area (Å²) in [4.78, 5) is 12.3. The van der Waals surface area contributed by atoms with Gasteiger partial charge in [-0.2, -0.15) is 0 Å². The first-order valence-corrected chi connectivity index (χ1v) is 7.93. The lowest BCUT2D eigenvalue weighted by atomic mass is 9.95. The fourth-order valence-corrected chi connectivity index (χ4v) is 3.56. The topological polar surface area (TPSA) is 54.3 Å². The van der Waals surface area contributed by atoms with Crippen molar-refractivity contribution in [2.75, 3.05) is 0 Å². The van der Waals surface area contributed by atoms with Crippen molar-refractivity contribution in [1.82, 2.24) is 10.6 Å². The van der Waals surface area contributed by atoms with Gasteiger partial charge in [-0.25, -0.2) is 0 Å². The zero-order chi connectivity index (χ0) is 15.1. The van der Waals surface area contributed by atoms with Crippen molar-refractivity contribution in [3.05, 3.63) is 47.7 Å². The molecule has 22 heavy (non-hydrogen) atoms. The number of benzene rings is 1. The van der Waals surface area contributed by atoms with Crippen molar-refractivity contribution in [3.63, 3.8) is 0 Å². The summed E-state index contributed by atoms with van der Waals surface area (Å²) >= 11 is 0. The van der Waals surface area contributed by atoms with E-state index in [0.29, 0.717) is 17.8 Å². The molecule has 114 valence electrons. The largest absolute Gasteiger partial charge is 0.451 e. The van der Waals surface area contributed by atoms with Crippen LogP contribution in [0.4, 0.5) is 0 Å². The number of carbonyl (C=O) groups excluding carboxylic acids is 1. The van der Waals surface area contributed by atoms with E-state index in [2.05, 4.69) is 10.6 Å². The third kappa shape index (κ3) is 2.44. The van der Waals surface area contributed by atoms with Crippen LogP contribution < -0.4 is 10.6 Å². The second-order valence-corrected chi connectivity index (χ2v) is 6.39. The third-order valence-corrected chi connectivity index (χ3v) is 4.78. The summed E-state index contributed by atoms with van der Waals surface area (Å²) in [6, 6.07) is 13.0. The lowest BCUT2D eigenvalue weighted by molar-refractivity contribution is 0.0903. The molecule has 2 fully saturated rings. The van der Waals surface area contributed by atoms with Gasteiger partial charge in [0.25, 0.3) is 5.91 Å². The zero-order valence-electron chi connectivity index (χ0n) is 12.6. The summed E-state index contributed by atoms with van der Waals surface area (Å²) < 4.78 is 5.73. The van der Waals surface area contributed by atoms with Crippen LogP contribution >= 0.6 is 0 Å². The number of hydrogen-bond acceptors (Lipinski definition) is 3. The molecule has 4 heteroatoms. The van der Waals surface area contributed by atoms with Gasteiger partial charge in [-0.15, -0.1) is 0 Å². The highest BCUT2D eigenvalue weighted by atomic mass is 16.3. The predicted molar refractivity (Wildman–Crippen MR) is 84.7 cm³/mol. The summed E-state index contributed by atoms with van der Waals surface area (Å²) in [5, 5.41) is 6.63. The van der Waals surface area contributed by atoms with Crippen LogP contribution in [0.5, 0.6) is 0 Å². The van der Waals surface area contributed by atoms with E-state index in [9.17, 15) is 4.79 Å². The molecule has 2 N–H and O–H groups in total. The van der Waals surface area contributed by atoms with Crippen molar-refractivity contribution in [2.45, 2.75) is 44.3 Å². The molecule has 2 aromatic rings. The predicted octanol–water partition coefficient (Wildman–Crippen LogP) is 2.88. The first-order chi connectivity index (χ1) is 10.7. The highest BCUT2D eigenvalue weighted by Crippen LogP contribution is 2.29. The van der Waals surface area contributed by atoms with Crippen LogP contribution in [0.1, 0.15) is 35.4 Å². The number of furan rings is 1. The molecular weight excluding hydrogens is 276 g/mol. The van der Waals surface area contributed by atoms with E-state index in [1.54, 1.807) is 6.07 Å². The van der Waals surface area contributed by atoms with Crippen LogP contribution in [0, 0.1) is 6.92 Å². The van der Waals surface area contributed by atoms with Crippen molar-refractivity contribution in [2.24, 2.45) is 0 Å². The number of aryl methyl sites for hydroxylation is 1. The monoisotopic (exact) mass is 296 g/mol. The van der Waals surface area contributed by atoms with E-state index in [1.807, 2.05) is 37.3 Å².